The van der Waals surface area contributed by atoms with Gasteiger partial charge < -0.3 is 9.88 Å². The van der Waals surface area contributed by atoms with E-state index in [4.69, 9.17) is 11.6 Å². The maximum Gasteiger partial charge on any atom is 0.147 e. The normalized spacial score (nSPS) is 16.3. The monoisotopic (exact) mass is 296 g/mol. The van der Waals surface area contributed by atoms with Crippen LogP contribution in [0.4, 0.5) is 0 Å². The molecule has 6 heteroatoms. The van der Waals surface area contributed by atoms with Crippen molar-refractivity contribution in [2.24, 2.45) is 0 Å². The van der Waals surface area contributed by atoms with E-state index in [0.29, 0.717) is 0 Å². The molecule has 0 saturated heterocycles. The minimum absolute atomic E-state index is 0.286. The summed E-state index contributed by atoms with van der Waals surface area (Å²) >= 11 is 7.59. The summed E-state index contributed by atoms with van der Waals surface area (Å²) in [6.45, 7) is 3.96. The van der Waals surface area contributed by atoms with Gasteiger partial charge in [0.15, 0.2) is 0 Å². The van der Waals surface area contributed by atoms with Gasteiger partial charge in [0.2, 0.25) is 0 Å². The van der Waals surface area contributed by atoms with E-state index in [9.17, 15) is 0 Å². The van der Waals surface area contributed by atoms with Crippen LogP contribution in [-0.2, 0) is 19.5 Å². The topological polar surface area (TPSA) is 42.7 Å². The van der Waals surface area contributed by atoms with E-state index in [1.54, 1.807) is 11.3 Å². The molecular formula is C13H17ClN4S. The van der Waals surface area contributed by atoms with Crippen molar-refractivity contribution >= 4 is 22.9 Å². The van der Waals surface area contributed by atoms with Gasteiger partial charge in [-0.05, 0) is 31.9 Å². The third-order valence-corrected chi connectivity index (χ3v) is 4.94. The molecule has 1 aliphatic rings. The summed E-state index contributed by atoms with van der Waals surface area (Å²) in [5.74, 6) is 2.18. The van der Waals surface area contributed by atoms with E-state index in [-0.39, 0.29) is 6.04 Å². The van der Waals surface area contributed by atoms with E-state index in [0.717, 1.165) is 35.5 Å². The maximum atomic E-state index is 5.96. The number of aromatic nitrogens is 3. The van der Waals surface area contributed by atoms with Crippen LogP contribution in [0.3, 0.4) is 0 Å². The third kappa shape index (κ3) is 2.83. The molecule has 1 aliphatic heterocycles. The molecule has 1 atom stereocenters. The minimum Gasteiger partial charge on any atom is -0.314 e. The second kappa shape index (κ2) is 5.61. The molecule has 0 radical (unpaired) electrons. The molecule has 3 heterocycles. The zero-order valence-electron chi connectivity index (χ0n) is 10.9. The number of halogens is 1. The molecule has 2 aromatic heterocycles. The van der Waals surface area contributed by atoms with Crippen LogP contribution in [0.5, 0.6) is 0 Å². The molecule has 0 amide bonds. The van der Waals surface area contributed by atoms with Gasteiger partial charge in [0.1, 0.15) is 11.6 Å². The van der Waals surface area contributed by atoms with Crippen molar-refractivity contribution in [2.75, 3.05) is 0 Å². The van der Waals surface area contributed by atoms with Gasteiger partial charge in [0.25, 0.3) is 0 Å². The third-order valence-electron chi connectivity index (χ3n) is 3.52. The number of nitrogens with zero attached hydrogens (tertiary/aromatic N) is 3. The second-order valence-corrected chi connectivity index (χ2v) is 6.63. The van der Waals surface area contributed by atoms with Crippen molar-refractivity contribution in [3.05, 3.63) is 33.0 Å². The number of hydrogen-bond acceptors (Lipinski definition) is 4. The number of hydrogen-bond donors (Lipinski definition) is 1. The van der Waals surface area contributed by atoms with Crippen molar-refractivity contribution in [3.8, 4) is 0 Å². The number of thiophene rings is 1. The molecule has 2 aromatic rings. The molecule has 0 fully saturated rings. The first-order valence-electron chi connectivity index (χ1n) is 6.63. The summed E-state index contributed by atoms with van der Waals surface area (Å²) in [7, 11) is 0. The maximum absolute atomic E-state index is 5.96. The Morgan fingerprint density at radius 3 is 3.11 bits per heavy atom. The van der Waals surface area contributed by atoms with Crippen LogP contribution in [0.25, 0.3) is 0 Å². The van der Waals surface area contributed by atoms with E-state index in [2.05, 4.69) is 33.1 Å². The SMILES string of the molecule is CC(NCc1nnc2n1CCCC2)c1ccc(Cl)s1. The summed E-state index contributed by atoms with van der Waals surface area (Å²) in [5.41, 5.74) is 0. The fraction of sp³-hybridized carbons (Fsp3) is 0.538. The number of nitrogens with one attached hydrogen (secondary N) is 1. The molecule has 0 spiro atoms. The van der Waals surface area contributed by atoms with Crippen LogP contribution < -0.4 is 5.32 Å². The van der Waals surface area contributed by atoms with Crippen molar-refractivity contribution in [2.45, 2.75) is 45.3 Å². The predicted octanol–water partition coefficient (Wildman–Crippen LogP) is 3.18. The van der Waals surface area contributed by atoms with Gasteiger partial charge in [-0.2, -0.15) is 0 Å². The van der Waals surface area contributed by atoms with Gasteiger partial charge in [0.05, 0.1) is 10.9 Å². The molecule has 1 unspecified atom stereocenters. The number of aryl methyl sites for hydroxylation is 1. The zero-order chi connectivity index (χ0) is 13.2. The lowest BCUT2D eigenvalue weighted by Crippen LogP contribution is -2.21. The Bertz CT molecular complexity index is 563. The lowest BCUT2D eigenvalue weighted by molar-refractivity contribution is 0.485. The minimum atomic E-state index is 0.286. The van der Waals surface area contributed by atoms with E-state index in [1.807, 2.05) is 6.07 Å². The lowest BCUT2D eigenvalue weighted by Gasteiger charge is -2.16. The first-order chi connectivity index (χ1) is 9.24. The largest absolute Gasteiger partial charge is 0.314 e. The van der Waals surface area contributed by atoms with Gasteiger partial charge in [0, 0.05) is 23.9 Å². The van der Waals surface area contributed by atoms with E-state index < -0.39 is 0 Å². The Hall–Kier alpha value is -0.910. The van der Waals surface area contributed by atoms with Crippen molar-refractivity contribution in [3.63, 3.8) is 0 Å². The van der Waals surface area contributed by atoms with Crippen LogP contribution in [0.2, 0.25) is 4.34 Å². The van der Waals surface area contributed by atoms with Crippen LogP contribution >= 0.6 is 22.9 Å². The average molecular weight is 297 g/mol. The standard InChI is InChI=1S/C13H17ClN4S/c1-9(10-5-6-11(14)19-10)15-8-13-17-16-12-4-2-3-7-18(12)13/h5-6,9,15H,2-4,7-8H2,1H3. The molecule has 3 rings (SSSR count). The van der Waals surface area contributed by atoms with Crippen molar-refractivity contribution in [1.82, 2.24) is 20.1 Å². The molecule has 4 nitrogen and oxygen atoms in total. The smallest absolute Gasteiger partial charge is 0.147 e. The Morgan fingerprint density at radius 1 is 1.42 bits per heavy atom. The van der Waals surface area contributed by atoms with Gasteiger partial charge in [-0.1, -0.05) is 11.6 Å². The number of fused-ring (bicyclic) bond motifs is 1. The Balaban J connectivity index is 1.64. The highest BCUT2D eigenvalue weighted by Gasteiger charge is 2.16. The Kier molecular flexibility index (Phi) is 3.86. The molecular weight excluding hydrogens is 280 g/mol. The average Bonchev–Trinajstić information content (AvgIpc) is 3.02. The summed E-state index contributed by atoms with van der Waals surface area (Å²) < 4.78 is 3.09. The molecule has 0 saturated carbocycles. The molecule has 19 heavy (non-hydrogen) atoms. The Labute approximate surface area is 121 Å². The van der Waals surface area contributed by atoms with Crippen molar-refractivity contribution < 1.29 is 0 Å². The first-order valence-corrected chi connectivity index (χ1v) is 7.83. The fourth-order valence-corrected chi connectivity index (χ4v) is 3.49. The number of rotatable bonds is 4. The highest BCUT2D eigenvalue weighted by atomic mass is 35.5. The summed E-state index contributed by atoms with van der Waals surface area (Å²) in [6, 6.07) is 4.30. The van der Waals surface area contributed by atoms with Crippen molar-refractivity contribution in [1.29, 1.82) is 0 Å². The van der Waals surface area contributed by atoms with Crippen LogP contribution in [-0.4, -0.2) is 14.8 Å². The van der Waals surface area contributed by atoms with Crippen LogP contribution in [0.15, 0.2) is 12.1 Å². The zero-order valence-corrected chi connectivity index (χ0v) is 12.5. The lowest BCUT2D eigenvalue weighted by atomic mass is 10.1. The van der Waals surface area contributed by atoms with Gasteiger partial charge in [-0.3, -0.25) is 0 Å². The summed E-state index contributed by atoms with van der Waals surface area (Å²) in [5, 5.41) is 12.1. The quantitative estimate of drug-likeness (QED) is 0.942. The fourth-order valence-electron chi connectivity index (χ4n) is 2.41. The molecule has 0 aliphatic carbocycles. The summed E-state index contributed by atoms with van der Waals surface area (Å²) in [4.78, 5) is 1.25. The molecule has 102 valence electrons. The molecule has 0 aromatic carbocycles. The molecule has 1 N–H and O–H groups in total. The van der Waals surface area contributed by atoms with E-state index >= 15 is 0 Å². The van der Waals surface area contributed by atoms with Crippen LogP contribution in [0.1, 0.15) is 42.3 Å². The van der Waals surface area contributed by atoms with Gasteiger partial charge >= 0.3 is 0 Å². The highest BCUT2D eigenvalue weighted by Crippen LogP contribution is 2.26. The van der Waals surface area contributed by atoms with Gasteiger partial charge in [-0.25, -0.2) is 0 Å². The molecule has 0 bridgehead atoms. The predicted molar refractivity (Wildman–Crippen MR) is 77.5 cm³/mol. The second-order valence-electron chi connectivity index (χ2n) is 4.89. The highest BCUT2D eigenvalue weighted by molar-refractivity contribution is 7.16. The first kappa shape index (κ1) is 13.1. The van der Waals surface area contributed by atoms with E-state index in [1.165, 1.54) is 17.7 Å². The summed E-state index contributed by atoms with van der Waals surface area (Å²) in [6.07, 6.45) is 3.52. The Morgan fingerprint density at radius 2 is 2.32 bits per heavy atom. The van der Waals surface area contributed by atoms with Crippen LogP contribution in [0, 0.1) is 0 Å². The van der Waals surface area contributed by atoms with Gasteiger partial charge in [-0.15, -0.1) is 21.5 Å².